The Morgan fingerprint density at radius 2 is 0.553 bits per heavy atom. The van der Waals surface area contributed by atoms with Crippen LogP contribution in [0.5, 0.6) is 0 Å². The molecule has 0 saturated heterocycles. The summed E-state index contributed by atoms with van der Waals surface area (Å²) in [6.07, 6.45) is 51.3. The Morgan fingerprint density at radius 3 is 0.842 bits per heavy atom. The van der Waals surface area contributed by atoms with Crippen molar-refractivity contribution < 1.29 is 0 Å². The van der Waals surface area contributed by atoms with Gasteiger partial charge in [0.1, 0.15) is 0 Å². The van der Waals surface area contributed by atoms with Crippen molar-refractivity contribution >= 4 is 0 Å². The van der Waals surface area contributed by atoms with Crippen LogP contribution in [0, 0.1) is 5.92 Å². The van der Waals surface area contributed by atoms with Gasteiger partial charge in [0.15, 0.2) is 0 Å². The van der Waals surface area contributed by atoms with Gasteiger partial charge in [-0.2, -0.15) is 0 Å². The largest absolute Gasteiger partial charge is 0.0885 e. The zero-order chi connectivity index (χ0) is 27.6. The van der Waals surface area contributed by atoms with Gasteiger partial charge in [0, 0.05) is 0 Å². The second kappa shape index (κ2) is 34.8. The van der Waals surface area contributed by atoms with Crippen molar-refractivity contribution in [2.24, 2.45) is 5.92 Å². The van der Waals surface area contributed by atoms with Crippen LogP contribution in [0.3, 0.4) is 0 Å². The molecule has 0 aliphatic carbocycles. The standard InChI is InChI=1S/C38H76/c1-4-6-8-10-12-14-16-17-18-19-20-21-22-23-24-25-26-27-29-31-33-35-37-38(3)36-34-32-30-28-15-13-11-9-7-5-2/h22-23,38H,4-21,24-37H2,1-3H3/b23-22+. The van der Waals surface area contributed by atoms with Crippen molar-refractivity contribution in [3.8, 4) is 0 Å². The first-order chi connectivity index (χ1) is 18.8. The molecule has 0 saturated carbocycles. The number of hydrogen-bond donors (Lipinski definition) is 0. The van der Waals surface area contributed by atoms with E-state index < -0.39 is 0 Å². The number of allylic oxidation sites excluding steroid dienone is 2. The molecule has 228 valence electrons. The Labute approximate surface area is 244 Å². The van der Waals surface area contributed by atoms with Crippen molar-refractivity contribution in [3.63, 3.8) is 0 Å². The Morgan fingerprint density at radius 1 is 0.316 bits per heavy atom. The van der Waals surface area contributed by atoms with Gasteiger partial charge in [-0.05, 0) is 31.6 Å². The highest BCUT2D eigenvalue weighted by molar-refractivity contribution is 4.81. The van der Waals surface area contributed by atoms with Crippen LogP contribution in [0.15, 0.2) is 12.2 Å². The average Bonchev–Trinajstić information content (AvgIpc) is 2.92. The van der Waals surface area contributed by atoms with Crippen LogP contribution in [0.4, 0.5) is 0 Å². The minimum atomic E-state index is 0.959. The normalized spacial score (nSPS) is 12.6. The third kappa shape index (κ3) is 33.8. The molecule has 0 aliphatic heterocycles. The molecule has 0 heterocycles. The lowest BCUT2D eigenvalue weighted by molar-refractivity contribution is 0.430. The number of unbranched alkanes of at least 4 members (excludes halogenated alkanes) is 27. The Bertz CT molecular complexity index is 422. The van der Waals surface area contributed by atoms with Crippen LogP contribution in [-0.2, 0) is 0 Å². The molecule has 38 heavy (non-hydrogen) atoms. The minimum absolute atomic E-state index is 0.959. The molecule has 1 unspecified atom stereocenters. The van der Waals surface area contributed by atoms with E-state index in [1.54, 1.807) is 0 Å². The van der Waals surface area contributed by atoms with Crippen LogP contribution in [0.2, 0.25) is 0 Å². The fraction of sp³-hybridized carbons (Fsp3) is 0.947. The molecule has 0 bridgehead atoms. The third-order valence-corrected chi connectivity index (χ3v) is 8.76. The Balaban J connectivity index is 3.18. The zero-order valence-electron chi connectivity index (χ0n) is 27.4. The van der Waals surface area contributed by atoms with Gasteiger partial charge in [-0.15, -0.1) is 0 Å². The van der Waals surface area contributed by atoms with Crippen LogP contribution < -0.4 is 0 Å². The van der Waals surface area contributed by atoms with Crippen molar-refractivity contribution in [1.82, 2.24) is 0 Å². The SMILES string of the molecule is CCCCCCCCCCCCC/C=C/CCCCCCCCCC(C)CCCCCCCCCCCC. The van der Waals surface area contributed by atoms with E-state index >= 15 is 0 Å². The van der Waals surface area contributed by atoms with Gasteiger partial charge in [-0.25, -0.2) is 0 Å². The molecule has 0 amide bonds. The summed E-state index contributed by atoms with van der Waals surface area (Å²) in [5, 5.41) is 0. The van der Waals surface area contributed by atoms with Crippen LogP contribution in [0.1, 0.15) is 226 Å². The first-order valence-corrected chi connectivity index (χ1v) is 18.5. The highest BCUT2D eigenvalue weighted by Gasteiger charge is 2.02. The third-order valence-electron chi connectivity index (χ3n) is 8.76. The highest BCUT2D eigenvalue weighted by Crippen LogP contribution is 2.19. The molecule has 0 rings (SSSR count). The van der Waals surface area contributed by atoms with Gasteiger partial charge in [0.25, 0.3) is 0 Å². The van der Waals surface area contributed by atoms with Crippen LogP contribution in [0.25, 0.3) is 0 Å². The lowest BCUT2D eigenvalue weighted by Gasteiger charge is -2.11. The maximum absolute atomic E-state index is 2.50. The molecule has 0 heteroatoms. The minimum Gasteiger partial charge on any atom is -0.0885 e. The van der Waals surface area contributed by atoms with E-state index in [0.29, 0.717) is 0 Å². The summed E-state index contributed by atoms with van der Waals surface area (Å²) in [6.45, 7) is 7.11. The van der Waals surface area contributed by atoms with Gasteiger partial charge in [-0.3, -0.25) is 0 Å². The van der Waals surface area contributed by atoms with Crippen LogP contribution >= 0.6 is 0 Å². The molecule has 0 aromatic heterocycles. The number of rotatable bonds is 33. The van der Waals surface area contributed by atoms with Crippen molar-refractivity contribution in [1.29, 1.82) is 0 Å². The molecule has 0 spiro atoms. The molecule has 0 fully saturated rings. The monoisotopic (exact) mass is 533 g/mol. The van der Waals surface area contributed by atoms with Crippen molar-refractivity contribution in [2.45, 2.75) is 226 Å². The smallest absolute Gasteiger partial charge is 0.0351 e. The van der Waals surface area contributed by atoms with E-state index in [4.69, 9.17) is 0 Å². The molecule has 0 aromatic carbocycles. The first kappa shape index (κ1) is 37.7. The molecule has 1 atom stereocenters. The van der Waals surface area contributed by atoms with E-state index in [1.807, 2.05) is 0 Å². The second-order valence-corrected chi connectivity index (χ2v) is 12.9. The summed E-state index contributed by atoms with van der Waals surface area (Å²) in [5.41, 5.74) is 0. The van der Waals surface area contributed by atoms with E-state index in [2.05, 4.69) is 32.9 Å². The summed E-state index contributed by atoms with van der Waals surface area (Å²) in [4.78, 5) is 0. The number of hydrogen-bond acceptors (Lipinski definition) is 0. The molecule has 0 nitrogen and oxygen atoms in total. The summed E-state index contributed by atoms with van der Waals surface area (Å²) < 4.78 is 0. The Hall–Kier alpha value is -0.260. The lowest BCUT2D eigenvalue weighted by atomic mass is 9.95. The predicted molar refractivity (Wildman–Crippen MR) is 177 cm³/mol. The van der Waals surface area contributed by atoms with E-state index in [1.165, 1.54) is 205 Å². The molecule has 0 N–H and O–H groups in total. The maximum atomic E-state index is 2.50. The van der Waals surface area contributed by atoms with Crippen LogP contribution in [-0.4, -0.2) is 0 Å². The zero-order valence-corrected chi connectivity index (χ0v) is 27.4. The van der Waals surface area contributed by atoms with Gasteiger partial charge in [0.05, 0.1) is 0 Å². The quantitative estimate of drug-likeness (QED) is 0.0582. The van der Waals surface area contributed by atoms with Gasteiger partial charge in [0.2, 0.25) is 0 Å². The Kier molecular flexibility index (Phi) is 34.5. The maximum Gasteiger partial charge on any atom is -0.0351 e. The van der Waals surface area contributed by atoms with Crippen molar-refractivity contribution in [3.05, 3.63) is 12.2 Å². The summed E-state index contributed by atoms with van der Waals surface area (Å²) in [7, 11) is 0. The average molecular weight is 533 g/mol. The molecular weight excluding hydrogens is 456 g/mol. The second-order valence-electron chi connectivity index (χ2n) is 12.9. The van der Waals surface area contributed by atoms with Crippen molar-refractivity contribution in [2.75, 3.05) is 0 Å². The predicted octanol–water partition coefficient (Wildman–Crippen LogP) is 14.7. The lowest BCUT2D eigenvalue weighted by Crippen LogP contribution is -1.95. The van der Waals surface area contributed by atoms with Gasteiger partial charge in [-0.1, -0.05) is 213 Å². The molecule has 0 aromatic rings. The van der Waals surface area contributed by atoms with Gasteiger partial charge < -0.3 is 0 Å². The molecule has 0 aliphatic rings. The summed E-state index contributed by atoms with van der Waals surface area (Å²) in [5.74, 6) is 0.959. The highest BCUT2D eigenvalue weighted by atomic mass is 14.1. The summed E-state index contributed by atoms with van der Waals surface area (Å²) in [6, 6.07) is 0. The molecule has 0 radical (unpaired) electrons. The topological polar surface area (TPSA) is 0 Å². The van der Waals surface area contributed by atoms with E-state index in [0.717, 1.165) is 5.92 Å². The fourth-order valence-electron chi connectivity index (χ4n) is 5.93. The van der Waals surface area contributed by atoms with E-state index in [-0.39, 0.29) is 0 Å². The van der Waals surface area contributed by atoms with Gasteiger partial charge >= 0.3 is 0 Å². The fourth-order valence-corrected chi connectivity index (χ4v) is 5.93. The summed E-state index contributed by atoms with van der Waals surface area (Å²) >= 11 is 0. The molecular formula is C38H76. The first-order valence-electron chi connectivity index (χ1n) is 18.5. The van der Waals surface area contributed by atoms with E-state index in [9.17, 15) is 0 Å².